The van der Waals surface area contributed by atoms with Crippen LogP contribution in [0.5, 0.6) is 0 Å². The van der Waals surface area contributed by atoms with E-state index in [0.717, 1.165) is 24.9 Å². The fourth-order valence-corrected chi connectivity index (χ4v) is 3.03. The van der Waals surface area contributed by atoms with Crippen LogP contribution in [-0.4, -0.2) is 41.2 Å². The van der Waals surface area contributed by atoms with Gasteiger partial charge >= 0.3 is 6.09 Å². The monoisotopic (exact) mass is 305 g/mol. The van der Waals surface area contributed by atoms with Crippen molar-refractivity contribution in [2.24, 2.45) is 11.7 Å². The molecule has 1 aromatic rings. The SMILES string of the molecule is CC(C)(C)OC(=O)N1CCCC(C(CN)c2cccnc2)C1. The fourth-order valence-electron chi connectivity index (χ4n) is 3.03. The molecule has 1 aliphatic heterocycles. The molecule has 1 aliphatic rings. The van der Waals surface area contributed by atoms with E-state index in [-0.39, 0.29) is 12.0 Å². The van der Waals surface area contributed by atoms with Crippen LogP contribution in [0.25, 0.3) is 0 Å². The molecule has 22 heavy (non-hydrogen) atoms. The van der Waals surface area contributed by atoms with Crippen molar-refractivity contribution < 1.29 is 9.53 Å². The predicted octanol–water partition coefficient (Wildman–Crippen LogP) is 2.77. The van der Waals surface area contributed by atoms with E-state index in [1.54, 1.807) is 6.20 Å². The molecule has 5 nitrogen and oxygen atoms in total. The maximum atomic E-state index is 12.3. The van der Waals surface area contributed by atoms with Crippen molar-refractivity contribution in [3.05, 3.63) is 30.1 Å². The van der Waals surface area contributed by atoms with Crippen LogP contribution in [0.15, 0.2) is 24.5 Å². The van der Waals surface area contributed by atoms with Crippen LogP contribution in [0.3, 0.4) is 0 Å². The molecule has 2 rings (SSSR count). The average Bonchev–Trinajstić information content (AvgIpc) is 2.48. The van der Waals surface area contributed by atoms with Gasteiger partial charge in [0.2, 0.25) is 0 Å². The molecule has 1 fully saturated rings. The molecule has 1 amide bonds. The summed E-state index contributed by atoms with van der Waals surface area (Å²) in [5.74, 6) is 0.592. The Labute approximate surface area is 132 Å². The fraction of sp³-hybridized carbons (Fsp3) is 0.647. The zero-order chi connectivity index (χ0) is 16.2. The van der Waals surface area contributed by atoms with Gasteiger partial charge in [0.25, 0.3) is 0 Å². The second kappa shape index (κ2) is 7.09. The first-order valence-electron chi connectivity index (χ1n) is 7.98. The van der Waals surface area contributed by atoms with Crippen molar-refractivity contribution in [1.82, 2.24) is 9.88 Å². The summed E-state index contributed by atoms with van der Waals surface area (Å²) >= 11 is 0. The summed E-state index contributed by atoms with van der Waals surface area (Å²) in [4.78, 5) is 18.3. The Morgan fingerprint density at radius 2 is 2.32 bits per heavy atom. The Hall–Kier alpha value is -1.62. The number of nitrogens with two attached hydrogens (primary N) is 1. The number of ether oxygens (including phenoxy) is 1. The molecule has 5 heteroatoms. The summed E-state index contributed by atoms with van der Waals surface area (Å²) in [6, 6.07) is 4.00. The van der Waals surface area contributed by atoms with Crippen molar-refractivity contribution in [2.75, 3.05) is 19.6 Å². The number of piperidine rings is 1. The number of hydrogen-bond donors (Lipinski definition) is 1. The quantitative estimate of drug-likeness (QED) is 0.932. The molecule has 2 atom stereocenters. The highest BCUT2D eigenvalue weighted by molar-refractivity contribution is 5.68. The van der Waals surface area contributed by atoms with Gasteiger partial charge in [0.15, 0.2) is 0 Å². The highest BCUT2D eigenvalue weighted by Crippen LogP contribution is 2.31. The number of likely N-dealkylation sites (tertiary alicyclic amines) is 1. The minimum atomic E-state index is -0.458. The Balaban J connectivity index is 2.04. The molecule has 0 radical (unpaired) electrons. The van der Waals surface area contributed by atoms with Crippen LogP contribution >= 0.6 is 0 Å². The lowest BCUT2D eigenvalue weighted by Gasteiger charge is -2.37. The van der Waals surface area contributed by atoms with Gasteiger partial charge in [-0.25, -0.2) is 4.79 Å². The Morgan fingerprint density at radius 3 is 2.91 bits per heavy atom. The normalized spacial score (nSPS) is 20.5. The van der Waals surface area contributed by atoms with Crippen LogP contribution in [0.1, 0.15) is 45.1 Å². The number of hydrogen-bond acceptors (Lipinski definition) is 4. The molecule has 2 heterocycles. The van der Waals surface area contributed by atoms with Crippen molar-refractivity contribution >= 4 is 6.09 Å². The molecular weight excluding hydrogens is 278 g/mol. The van der Waals surface area contributed by atoms with Gasteiger partial charge in [-0.15, -0.1) is 0 Å². The smallest absolute Gasteiger partial charge is 0.410 e. The largest absolute Gasteiger partial charge is 0.444 e. The first-order chi connectivity index (χ1) is 10.4. The van der Waals surface area contributed by atoms with Crippen LogP contribution in [-0.2, 0) is 4.74 Å². The van der Waals surface area contributed by atoms with E-state index in [4.69, 9.17) is 10.5 Å². The van der Waals surface area contributed by atoms with Crippen molar-refractivity contribution in [1.29, 1.82) is 0 Å². The minimum Gasteiger partial charge on any atom is -0.444 e. The Morgan fingerprint density at radius 1 is 1.55 bits per heavy atom. The van der Waals surface area contributed by atoms with E-state index in [9.17, 15) is 4.79 Å². The molecular formula is C17H27N3O2. The highest BCUT2D eigenvalue weighted by Gasteiger charge is 2.31. The number of rotatable bonds is 3. The van der Waals surface area contributed by atoms with Crippen LogP contribution in [0, 0.1) is 5.92 Å². The Kier molecular flexibility index (Phi) is 5.40. The molecule has 0 aromatic carbocycles. The summed E-state index contributed by atoms with van der Waals surface area (Å²) in [6.45, 7) is 7.71. The average molecular weight is 305 g/mol. The third kappa shape index (κ3) is 4.44. The van der Waals surface area contributed by atoms with Gasteiger partial charge in [-0.2, -0.15) is 0 Å². The van der Waals surface area contributed by atoms with Crippen LogP contribution in [0.4, 0.5) is 4.79 Å². The molecule has 1 saturated heterocycles. The zero-order valence-electron chi connectivity index (χ0n) is 13.8. The highest BCUT2D eigenvalue weighted by atomic mass is 16.6. The van der Waals surface area contributed by atoms with Crippen molar-refractivity contribution in [2.45, 2.75) is 45.1 Å². The van der Waals surface area contributed by atoms with Gasteiger partial charge in [0.05, 0.1) is 0 Å². The number of aromatic nitrogens is 1. The maximum absolute atomic E-state index is 12.3. The number of amides is 1. The number of carbonyl (C=O) groups is 1. The number of nitrogens with zero attached hydrogens (tertiary/aromatic N) is 2. The van der Waals surface area contributed by atoms with Gasteiger partial charge < -0.3 is 15.4 Å². The standard InChI is InChI=1S/C17H27N3O2/c1-17(2,3)22-16(21)20-9-5-7-14(12-20)15(10-18)13-6-4-8-19-11-13/h4,6,8,11,14-15H,5,7,9-10,12,18H2,1-3H3. The Bertz CT molecular complexity index is 484. The predicted molar refractivity (Wildman–Crippen MR) is 86.6 cm³/mol. The van der Waals surface area contributed by atoms with Crippen LogP contribution < -0.4 is 5.73 Å². The van der Waals surface area contributed by atoms with E-state index >= 15 is 0 Å². The third-order valence-electron chi connectivity index (χ3n) is 4.05. The van der Waals surface area contributed by atoms with E-state index in [2.05, 4.69) is 11.1 Å². The zero-order valence-corrected chi connectivity index (χ0v) is 13.8. The summed E-state index contributed by atoms with van der Waals surface area (Å²) < 4.78 is 5.49. The second-order valence-corrected chi connectivity index (χ2v) is 6.96. The van der Waals surface area contributed by atoms with Gasteiger partial charge in [-0.1, -0.05) is 6.07 Å². The summed E-state index contributed by atoms with van der Waals surface area (Å²) in [5.41, 5.74) is 6.69. The lowest BCUT2D eigenvalue weighted by molar-refractivity contribution is 0.0152. The van der Waals surface area contributed by atoms with Gasteiger partial charge in [0.1, 0.15) is 5.60 Å². The summed E-state index contributed by atoms with van der Waals surface area (Å²) in [7, 11) is 0. The second-order valence-electron chi connectivity index (χ2n) is 6.96. The van der Waals surface area contributed by atoms with Gasteiger partial charge in [-0.05, 0) is 57.7 Å². The molecule has 2 N–H and O–H groups in total. The van der Waals surface area contributed by atoms with Crippen molar-refractivity contribution in [3.8, 4) is 0 Å². The first-order valence-corrected chi connectivity index (χ1v) is 7.98. The number of carbonyl (C=O) groups excluding carboxylic acids is 1. The molecule has 122 valence electrons. The van der Waals surface area contributed by atoms with Gasteiger partial charge in [-0.3, -0.25) is 4.98 Å². The number of pyridine rings is 1. The van der Waals surface area contributed by atoms with Crippen LogP contribution in [0.2, 0.25) is 0 Å². The van der Waals surface area contributed by atoms with E-state index in [1.807, 2.05) is 37.9 Å². The molecule has 0 aliphatic carbocycles. The topological polar surface area (TPSA) is 68.5 Å². The summed E-state index contributed by atoms with van der Waals surface area (Å²) in [5, 5.41) is 0. The molecule has 0 bridgehead atoms. The summed E-state index contributed by atoms with van der Waals surface area (Å²) in [6.07, 6.45) is 5.49. The van der Waals surface area contributed by atoms with E-state index < -0.39 is 5.60 Å². The molecule has 0 saturated carbocycles. The molecule has 0 spiro atoms. The maximum Gasteiger partial charge on any atom is 0.410 e. The first kappa shape index (κ1) is 16.7. The molecule has 2 unspecified atom stereocenters. The van der Waals surface area contributed by atoms with E-state index in [0.29, 0.717) is 19.0 Å². The lowest BCUT2D eigenvalue weighted by Crippen LogP contribution is -2.45. The van der Waals surface area contributed by atoms with Crippen molar-refractivity contribution in [3.63, 3.8) is 0 Å². The minimum absolute atomic E-state index is 0.223. The van der Waals surface area contributed by atoms with E-state index in [1.165, 1.54) is 0 Å². The van der Waals surface area contributed by atoms with Gasteiger partial charge in [0, 0.05) is 31.4 Å². The third-order valence-corrected chi connectivity index (χ3v) is 4.05. The molecule has 1 aromatic heterocycles. The lowest BCUT2D eigenvalue weighted by atomic mass is 9.81.